The van der Waals surface area contributed by atoms with Crippen LogP contribution in [0.5, 0.6) is 0 Å². The standard InChI is InChI=1S/C22H21ClFN5O/c1-29(2)21(25)15-5-3-14(4-6-15)12-26-19-9-8-17(24)11-18(19)22(30)28-20-10-7-16(23)13-27-20/h3-11,13,25-26H,12H2,1-2H3,(H,27,28,30). The summed E-state index contributed by atoms with van der Waals surface area (Å²) in [5.74, 6) is -0.260. The minimum absolute atomic E-state index is 0.165. The normalized spacial score (nSPS) is 10.4. The average Bonchev–Trinajstić information content (AvgIpc) is 2.74. The van der Waals surface area contributed by atoms with E-state index < -0.39 is 11.7 Å². The summed E-state index contributed by atoms with van der Waals surface area (Å²) in [4.78, 5) is 18.4. The summed E-state index contributed by atoms with van der Waals surface area (Å²) in [6, 6.07) is 14.7. The number of hydrogen-bond donors (Lipinski definition) is 3. The fourth-order valence-electron chi connectivity index (χ4n) is 2.73. The van der Waals surface area contributed by atoms with Crippen LogP contribution in [-0.2, 0) is 6.54 Å². The van der Waals surface area contributed by atoms with E-state index in [1.165, 1.54) is 24.4 Å². The van der Waals surface area contributed by atoms with Gasteiger partial charge in [0.05, 0.1) is 10.6 Å². The highest BCUT2D eigenvalue weighted by Gasteiger charge is 2.14. The molecule has 0 aliphatic rings. The number of aromatic nitrogens is 1. The zero-order valence-corrected chi connectivity index (χ0v) is 17.3. The number of amidine groups is 1. The van der Waals surface area contributed by atoms with Crippen LogP contribution in [0.4, 0.5) is 15.9 Å². The second kappa shape index (κ2) is 9.37. The summed E-state index contributed by atoms with van der Waals surface area (Å²) >= 11 is 5.80. The first-order valence-corrected chi connectivity index (χ1v) is 9.53. The predicted molar refractivity (Wildman–Crippen MR) is 118 cm³/mol. The monoisotopic (exact) mass is 425 g/mol. The van der Waals surface area contributed by atoms with Gasteiger partial charge in [-0.1, -0.05) is 35.9 Å². The maximum atomic E-state index is 13.8. The van der Waals surface area contributed by atoms with Gasteiger partial charge in [0.15, 0.2) is 0 Å². The molecule has 3 rings (SSSR count). The summed E-state index contributed by atoms with van der Waals surface area (Å²) in [5.41, 5.74) is 2.42. The van der Waals surface area contributed by atoms with Gasteiger partial charge in [0.1, 0.15) is 17.5 Å². The zero-order chi connectivity index (χ0) is 21.7. The van der Waals surface area contributed by atoms with E-state index in [4.69, 9.17) is 17.0 Å². The molecule has 1 heterocycles. The van der Waals surface area contributed by atoms with Crippen molar-refractivity contribution < 1.29 is 9.18 Å². The number of anilines is 2. The van der Waals surface area contributed by atoms with E-state index in [2.05, 4.69) is 15.6 Å². The number of carbonyl (C=O) groups excluding carboxylic acids is 1. The molecule has 0 spiro atoms. The lowest BCUT2D eigenvalue weighted by molar-refractivity contribution is 0.102. The summed E-state index contributed by atoms with van der Waals surface area (Å²) in [7, 11) is 3.64. The average molecular weight is 426 g/mol. The van der Waals surface area contributed by atoms with E-state index in [1.54, 1.807) is 17.0 Å². The molecule has 3 aromatic rings. The summed E-state index contributed by atoms with van der Waals surface area (Å²) < 4.78 is 13.8. The first-order chi connectivity index (χ1) is 14.3. The highest BCUT2D eigenvalue weighted by Crippen LogP contribution is 2.20. The van der Waals surface area contributed by atoms with Gasteiger partial charge in [0, 0.05) is 38.1 Å². The van der Waals surface area contributed by atoms with Crippen molar-refractivity contribution >= 4 is 34.8 Å². The van der Waals surface area contributed by atoms with Crippen LogP contribution < -0.4 is 10.6 Å². The van der Waals surface area contributed by atoms with Crippen LogP contribution in [0.1, 0.15) is 21.5 Å². The van der Waals surface area contributed by atoms with Gasteiger partial charge < -0.3 is 15.5 Å². The fourth-order valence-corrected chi connectivity index (χ4v) is 2.84. The Bertz CT molecular complexity index is 1050. The Morgan fingerprint density at radius 1 is 1.13 bits per heavy atom. The minimum Gasteiger partial charge on any atom is -0.380 e. The number of hydrogen-bond acceptors (Lipinski definition) is 4. The molecular formula is C22H21ClFN5O. The number of carbonyl (C=O) groups is 1. The summed E-state index contributed by atoms with van der Waals surface area (Å²) in [6.07, 6.45) is 1.42. The Labute approximate surface area is 179 Å². The molecule has 1 amide bonds. The van der Waals surface area contributed by atoms with Crippen LogP contribution in [-0.4, -0.2) is 35.7 Å². The predicted octanol–water partition coefficient (Wildman–Crippen LogP) is 4.63. The molecule has 0 aliphatic heterocycles. The van der Waals surface area contributed by atoms with Gasteiger partial charge >= 0.3 is 0 Å². The number of halogens is 2. The van der Waals surface area contributed by atoms with Crippen molar-refractivity contribution in [1.82, 2.24) is 9.88 Å². The number of nitrogens with zero attached hydrogens (tertiary/aromatic N) is 2. The first-order valence-electron chi connectivity index (χ1n) is 9.15. The van der Waals surface area contributed by atoms with Crippen LogP contribution in [0.15, 0.2) is 60.8 Å². The molecule has 0 saturated heterocycles. The van der Waals surface area contributed by atoms with Gasteiger partial charge in [0.2, 0.25) is 0 Å². The van der Waals surface area contributed by atoms with E-state index in [-0.39, 0.29) is 5.56 Å². The Kier molecular flexibility index (Phi) is 6.64. The summed E-state index contributed by atoms with van der Waals surface area (Å²) in [5, 5.41) is 14.3. The molecule has 0 atom stereocenters. The SMILES string of the molecule is CN(C)C(=N)c1ccc(CNc2ccc(F)cc2C(=O)Nc2ccc(Cl)cn2)cc1. The molecule has 0 radical (unpaired) electrons. The summed E-state index contributed by atoms with van der Waals surface area (Å²) in [6.45, 7) is 0.431. The van der Waals surface area contributed by atoms with Gasteiger partial charge in [-0.05, 0) is 35.9 Å². The van der Waals surface area contributed by atoms with Crippen molar-refractivity contribution in [1.29, 1.82) is 5.41 Å². The third-order valence-electron chi connectivity index (χ3n) is 4.35. The number of rotatable bonds is 6. The van der Waals surface area contributed by atoms with Gasteiger partial charge in [0.25, 0.3) is 5.91 Å². The van der Waals surface area contributed by atoms with Crippen molar-refractivity contribution in [2.75, 3.05) is 24.7 Å². The zero-order valence-electron chi connectivity index (χ0n) is 16.5. The van der Waals surface area contributed by atoms with Crippen molar-refractivity contribution in [3.63, 3.8) is 0 Å². The molecular weight excluding hydrogens is 405 g/mol. The van der Waals surface area contributed by atoms with Crippen LogP contribution in [0.2, 0.25) is 5.02 Å². The fraction of sp³-hybridized carbons (Fsp3) is 0.136. The molecule has 154 valence electrons. The lowest BCUT2D eigenvalue weighted by atomic mass is 10.1. The molecule has 0 fully saturated rings. The molecule has 0 unspecified atom stereocenters. The second-order valence-corrected chi connectivity index (χ2v) is 7.24. The quantitative estimate of drug-likeness (QED) is 0.397. The molecule has 0 saturated carbocycles. The highest BCUT2D eigenvalue weighted by molar-refractivity contribution is 6.30. The molecule has 6 nitrogen and oxygen atoms in total. The van der Waals surface area contributed by atoms with Gasteiger partial charge in [-0.15, -0.1) is 0 Å². The lowest BCUT2D eigenvalue weighted by Crippen LogP contribution is -2.21. The Morgan fingerprint density at radius 3 is 2.50 bits per heavy atom. The number of amides is 1. The number of pyridine rings is 1. The van der Waals surface area contributed by atoms with Crippen molar-refractivity contribution in [3.8, 4) is 0 Å². The second-order valence-electron chi connectivity index (χ2n) is 6.80. The topological polar surface area (TPSA) is 81.1 Å². The van der Waals surface area contributed by atoms with Gasteiger partial charge in [-0.2, -0.15) is 0 Å². The molecule has 0 aliphatic carbocycles. The third-order valence-corrected chi connectivity index (χ3v) is 4.58. The molecule has 30 heavy (non-hydrogen) atoms. The van der Waals surface area contributed by atoms with E-state index in [0.29, 0.717) is 28.9 Å². The van der Waals surface area contributed by atoms with E-state index >= 15 is 0 Å². The number of benzene rings is 2. The van der Waals surface area contributed by atoms with Crippen molar-refractivity contribution in [2.24, 2.45) is 0 Å². The van der Waals surface area contributed by atoms with Crippen LogP contribution >= 0.6 is 11.6 Å². The van der Waals surface area contributed by atoms with Crippen LogP contribution in [0.25, 0.3) is 0 Å². The van der Waals surface area contributed by atoms with Gasteiger partial charge in [-0.3, -0.25) is 10.2 Å². The van der Waals surface area contributed by atoms with Crippen molar-refractivity contribution in [3.05, 3.63) is 88.3 Å². The van der Waals surface area contributed by atoms with Crippen LogP contribution in [0, 0.1) is 11.2 Å². The first kappa shape index (κ1) is 21.3. The smallest absolute Gasteiger partial charge is 0.259 e. The van der Waals surface area contributed by atoms with E-state index in [9.17, 15) is 9.18 Å². The van der Waals surface area contributed by atoms with Crippen LogP contribution in [0.3, 0.4) is 0 Å². The third kappa shape index (κ3) is 5.33. The molecule has 8 heteroatoms. The van der Waals surface area contributed by atoms with E-state index in [0.717, 1.165) is 11.1 Å². The molecule has 0 bridgehead atoms. The Hall–Kier alpha value is -3.45. The van der Waals surface area contributed by atoms with Gasteiger partial charge in [-0.25, -0.2) is 9.37 Å². The molecule has 2 aromatic carbocycles. The number of nitrogens with one attached hydrogen (secondary N) is 3. The molecule has 3 N–H and O–H groups in total. The Morgan fingerprint density at radius 2 is 1.87 bits per heavy atom. The Balaban J connectivity index is 1.72. The molecule has 1 aromatic heterocycles. The highest BCUT2D eigenvalue weighted by atomic mass is 35.5. The maximum Gasteiger partial charge on any atom is 0.259 e. The van der Waals surface area contributed by atoms with Crippen molar-refractivity contribution in [2.45, 2.75) is 6.54 Å². The lowest BCUT2D eigenvalue weighted by Gasteiger charge is -2.15. The minimum atomic E-state index is -0.513. The van der Waals surface area contributed by atoms with E-state index in [1.807, 2.05) is 38.4 Å². The maximum absolute atomic E-state index is 13.8. The largest absolute Gasteiger partial charge is 0.380 e.